The molecule has 1 aromatic rings. The molecule has 6 heteroatoms. The van der Waals surface area contributed by atoms with Crippen LogP contribution in [0.25, 0.3) is 0 Å². The predicted molar refractivity (Wildman–Crippen MR) is 47.8 cm³/mol. The predicted octanol–water partition coefficient (Wildman–Crippen LogP) is -0.681. The van der Waals surface area contributed by atoms with Crippen molar-refractivity contribution in [3.8, 4) is 0 Å². The summed E-state index contributed by atoms with van der Waals surface area (Å²) in [6, 6.07) is -0.836. The topological polar surface area (TPSA) is 98.3 Å². The zero-order chi connectivity index (χ0) is 10.7. The van der Waals surface area contributed by atoms with E-state index in [1.165, 1.54) is 7.11 Å². The number of aromatic amines is 1. The summed E-state index contributed by atoms with van der Waals surface area (Å²) >= 11 is 0. The van der Waals surface area contributed by atoms with Gasteiger partial charge >= 0.3 is 5.97 Å². The van der Waals surface area contributed by atoms with Crippen molar-refractivity contribution in [2.45, 2.75) is 19.4 Å². The van der Waals surface area contributed by atoms with E-state index in [9.17, 15) is 9.59 Å². The normalized spacial score (nSPS) is 12.5. The lowest BCUT2D eigenvalue weighted by Crippen LogP contribution is -2.35. The molecule has 0 amide bonds. The van der Waals surface area contributed by atoms with Crippen molar-refractivity contribution in [3.63, 3.8) is 0 Å². The van der Waals surface area contributed by atoms with E-state index in [2.05, 4.69) is 9.89 Å². The Labute approximate surface area is 80.0 Å². The minimum absolute atomic E-state index is 0.115. The number of nitrogens with two attached hydrogens (primary N) is 1. The molecule has 0 bridgehead atoms. The zero-order valence-corrected chi connectivity index (χ0v) is 7.99. The molecule has 1 aromatic heterocycles. The van der Waals surface area contributed by atoms with Gasteiger partial charge in [0.05, 0.1) is 12.7 Å². The maximum absolute atomic E-state index is 11.1. The second-order valence-corrected chi connectivity index (χ2v) is 2.90. The fraction of sp³-hybridized carbons (Fsp3) is 0.500. The van der Waals surface area contributed by atoms with Crippen LogP contribution in [0.5, 0.6) is 0 Å². The van der Waals surface area contributed by atoms with Crippen LogP contribution in [0, 0.1) is 6.92 Å². The average Bonchev–Trinajstić information content (AvgIpc) is 2.48. The summed E-state index contributed by atoms with van der Waals surface area (Å²) in [5.74, 6) is -0.112. The van der Waals surface area contributed by atoms with Crippen LogP contribution < -0.4 is 11.3 Å². The Hall–Kier alpha value is -1.56. The minimum Gasteiger partial charge on any atom is -0.468 e. The Morgan fingerprint density at radius 3 is 2.79 bits per heavy atom. The molecule has 0 aliphatic carbocycles. The second-order valence-electron chi connectivity index (χ2n) is 2.90. The largest absolute Gasteiger partial charge is 0.468 e. The fourth-order valence-corrected chi connectivity index (χ4v) is 1.10. The number of aryl methyl sites for hydroxylation is 1. The molecule has 0 aromatic carbocycles. The van der Waals surface area contributed by atoms with Crippen LogP contribution in [-0.4, -0.2) is 24.3 Å². The van der Waals surface area contributed by atoms with Gasteiger partial charge in [-0.05, 0) is 6.92 Å². The van der Waals surface area contributed by atoms with Gasteiger partial charge in [-0.1, -0.05) is 0 Å². The molecule has 14 heavy (non-hydrogen) atoms. The van der Waals surface area contributed by atoms with Gasteiger partial charge in [0.1, 0.15) is 11.8 Å². The van der Waals surface area contributed by atoms with E-state index in [0.717, 1.165) is 0 Å². The molecular formula is C8H12N2O4. The molecule has 0 aliphatic heterocycles. The lowest BCUT2D eigenvalue weighted by molar-refractivity contribution is -0.142. The molecule has 1 atom stereocenters. The fourth-order valence-electron chi connectivity index (χ4n) is 1.10. The van der Waals surface area contributed by atoms with Crippen LogP contribution in [0.1, 0.15) is 11.3 Å². The van der Waals surface area contributed by atoms with E-state index in [1.807, 2.05) is 0 Å². The van der Waals surface area contributed by atoms with Gasteiger partial charge in [-0.3, -0.25) is 9.59 Å². The van der Waals surface area contributed by atoms with Crippen molar-refractivity contribution in [1.29, 1.82) is 0 Å². The van der Waals surface area contributed by atoms with Crippen LogP contribution in [0.4, 0.5) is 0 Å². The van der Waals surface area contributed by atoms with Crippen molar-refractivity contribution in [2.75, 3.05) is 7.11 Å². The van der Waals surface area contributed by atoms with Gasteiger partial charge in [0.15, 0.2) is 0 Å². The number of carbonyl (C=O) groups excluding carboxylic acids is 1. The van der Waals surface area contributed by atoms with E-state index in [-0.39, 0.29) is 12.0 Å². The van der Waals surface area contributed by atoms with Crippen molar-refractivity contribution in [1.82, 2.24) is 5.16 Å². The summed E-state index contributed by atoms with van der Waals surface area (Å²) in [5.41, 5.74) is 5.51. The average molecular weight is 200 g/mol. The van der Waals surface area contributed by atoms with Gasteiger partial charge < -0.3 is 15.0 Å². The van der Waals surface area contributed by atoms with Gasteiger partial charge in [-0.2, -0.15) is 5.16 Å². The van der Waals surface area contributed by atoms with Crippen molar-refractivity contribution >= 4 is 5.97 Å². The summed E-state index contributed by atoms with van der Waals surface area (Å²) in [5, 5.41) is 2.16. The summed E-state index contributed by atoms with van der Waals surface area (Å²) in [7, 11) is 1.24. The maximum atomic E-state index is 11.1. The molecule has 0 aliphatic rings. The third-order valence-electron chi connectivity index (χ3n) is 1.92. The highest BCUT2D eigenvalue weighted by Gasteiger charge is 2.19. The monoisotopic (exact) mass is 200 g/mol. The highest BCUT2D eigenvalue weighted by molar-refractivity contribution is 5.75. The van der Waals surface area contributed by atoms with Gasteiger partial charge in [0, 0.05) is 6.42 Å². The third-order valence-corrected chi connectivity index (χ3v) is 1.92. The molecular weight excluding hydrogens is 188 g/mol. The van der Waals surface area contributed by atoms with Gasteiger partial charge in [-0.25, -0.2) is 0 Å². The van der Waals surface area contributed by atoms with E-state index in [4.69, 9.17) is 10.3 Å². The van der Waals surface area contributed by atoms with E-state index in [1.54, 1.807) is 6.92 Å². The molecule has 0 radical (unpaired) electrons. The Balaban J connectivity index is 2.79. The molecule has 6 nitrogen and oxygen atoms in total. The first-order valence-corrected chi connectivity index (χ1v) is 4.06. The Morgan fingerprint density at radius 1 is 1.71 bits per heavy atom. The minimum atomic E-state index is -0.836. The molecule has 0 spiro atoms. The first-order chi connectivity index (χ1) is 6.56. The second kappa shape index (κ2) is 4.10. The number of rotatable bonds is 3. The molecule has 3 N–H and O–H groups in total. The first kappa shape index (κ1) is 10.5. The standard InChI is InChI=1S/C8H12N2O4/c1-4-5(7(11)10-14-4)3-6(9)8(12)13-2/h6H,3,9H2,1-2H3,(H,10,11)/t6-/m1/s1. The summed E-state index contributed by atoms with van der Waals surface area (Å²) in [4.78, 5) is 22.1. The first-order valence-electron chi connectivity index (χ1n) is 4.06. The zero-order valence-electron chi connectivity index (χ0n) is 7.99. The molecule has 1 rings (SSSR count). The molecule has 1 heterocycles. The molecule has 0 saturated heterocycles. The lowest BCUT2D eigenvalue weighted by atomic mass is 10.1. The SMILES string of the molecule is COC(=O)[C@H](N)Cc1c(C)o[nH]c1=O. The van der Waals surface area contributed by atoms with E-state index < -0.39 is 12.0 Å². The Kier molecular flexibility index (Phi) is 3.08. The third kappa shape index (κ3) is 2.02. The number of ether oxygens (including phenoxy) is 1. The Morgan fingerprint density at radius 2 is 2.36 bits per heavy atom. The molecule has 0 unspecified atom stereocenters. The molecule has 0 fully saturated rings. The highest BCUT2D eigenvalue weighted by Crippen LogP contribution is 2.03. The van der Waals surface area contributed by atoms with Crippen LogP contribution in [-0.2, 0) is 16.0 Å². The van der Waals surface area contributed by atoms with Crippen LogP contribution in [0.2, 0.25) is 0 Å². The number of esters is 1. The molecule has 0 saturated carbocycles. The van der Waals surface area contributed by atoms with Gasteiger partial charge in [0.2, 0.25) is 0 Å². The number of hydrogen-bond donors (Lipinski definition) is 2. The number of nitrogens with one attached hydrogen (secondary N) is 1. The van der Waals surface area contributed by atoms with Crippen LogP contribution in [0.3, 0.4) is 0 Å². The van der Waals surface area contributed by atoms with Crippen LogP contribution >= 0.6 is 0 Å². The highest BCUT2D eigenvalue weighted by atomic mass is 16.5. The number of hydrogen-bond acceptors (Lipinski definition) is 5. The maximum Gasteiger partial charge on any atom is 0.322 e. The number of carbonyl (C=O) groups is 1. The van der Waals surface area contributed by atoms with E-state index in [0.29, 0.717) is 11.3 Å². The van der Waals surface area contributed by atoms with Crippen LogP contribution in [0.15, 0.2) is 9.32 Å². The Bertz CT molecular complexity index is 379. The summed E-state index contributed by atoms with van der Waals surface area (Å²) in [6.07, 6.45) is 0.115. The van der Waals surface area contributed by atoms with Gasteiger partial charge in [-0.15, -0.1) is 0 Å². The summed E-state index contributed by atoms with van der Waals surface area (Å²) in [6.45, 7) is 1.62. The van der Waals surface area contributed by atoms with Crippen molar-refractivity contribution in [3.05, 3.63) is 21.7 Å². The quantitative estimate of drug-likeness (QED) is 0.630. The van der Waals surface area contributed by atoms with E-state index >= 15 is 0 Å². The van der Waals surface area contributed by atoms with Gasteiger partial charge in [0.25, 0.3) is 5.56 Å². The molecule has 78 valence electrons. The van der Waals surface area contributed by atoms with Crippen molar-refractivity contribution < 1.29 is 14.1 Å². The smallest absolute Gasteiger partial charge is 0.322 e. The number of H-pyrrole nitrogens is 1. The van der Waals surface area contributed by atoms with Crippen molar-refractivity contribution in [2.24, 2.45) is 5.73 Å². The lowest BCUT2D eigenvalue weighted by Gasteiger charge is -2.06. The number of aromatic nitrogens is 1. The summed E-state index contributed by atoms with van der Waals surface area (Å²) < 4.78 is 9.20. The number of methoxy groups -OCH3 is 1.